The number of nitrogens with zero attached hydrogens (tertiary/aromatic N) is 1. The van der Waals surface area contributed by atoms with E-state index >= 15 is 0 Å². The Bertz CT molecular complexity index is 336. The number of hydrazine groups is 1. The number of carbonyl (C=O) groups excluding carboxylic acids is 1. The molecule has 2 atom stereocenters. The summed E-state index contributed by atoms with van der Waals surface area (Å²) < 4.78 is 10.0. The average molecular weight is 242 g/mol. The van der Waals surface area contributed by atoms with Gasteiger partial charge in [0, 0.05) is 18.7 Å². The van der Waals surface area contributed by atoms with Crippen LogP contribution in [0.2, 0.25) is 0 Å². The molecule has 0 aliphatic carbocycles. The predicted molar refractivity (Wildman–Crippen MR) is 56.0 cm³/mol. The molecule has 7 nitrogen and oxygen atoms in total. The van der Waals surface area contributed by atoms with E-state index in [1.807, 2.05) is 0 Å². The molecule has 94 valence electrons. The first kappa shape index (κ1) is 12.0. The number of rotatable bonds is 7. The van der Waals surface area contributed by atoms with Crippen LogP contribution in [-0.2, 0) is 19.1 Å². The monoisotopic (exact) mass is 242 g/mol. The Morgan fingerprint density at radius 3 is 2.47 bits per heavy atom. The summed E-state index contributed by atoms with van der Waals surface area (Å²) in [5.41, 5.74) is 2.91. The number of ether oxygens (including phenoxy) is 2. The van der Waals surface area contributed by atoms with Crippen LogP contribution in [0.15, 0.2) is 12.2 Å². The molecule has 0 radical (unpaired) electrons. The lowest BCUT2D eigenvalue weighted by Gasteiger charge is -2.20. The van der Waals surface area contributed by atoms with Gasteiger partial charge in [0.1, 0.15) is 6.10 Å². The first-order chi connectivity index (χ1) is 8.15. The molecule has 7 heteroatoms. The van der Waals surface area contributed by atoms with Crippen LogP contribution in [0.3, 0.4) is 0 Å². The zero-order valence-corrected chi connectivity index (χ0v) is 9.17. The van der Waals surface area contributed by atoms with Gasteiger partial charge in [-0.1, -0.05) is 0 Å². The third-order valence-corrected chi connectivity index (χ3v) is 2.34. The zero-order chi connectivity index (χ0) is 12.3. The Morgan fingerprint density at radius 2 is 1.94 bits per heavy atom. The molecule has 0 aromatic heterocycles. The lowest BCUT2D eigenvalue weighted by molar-refractivity contribution is -0.133. The van der Waals surface area contributed by atoms with Gasteiger partial charge in [0.2, 0.25) is 0 Å². The van der Waals surface area contributed by atoms with Crippen molar-refractivity contribution in [3.8, 4) is 0 Å². The summed E-state index contributed by atoms with van der Waals surface area (Å²) in [7, 11) is 0. The molecule has 0 spiro atoms. The van der Waals surface area contributed by atoms with Crippen molar-refractivity contribution in [2.75, 3.05) is 26.3 Å². The number of aliphatic carboxylic acids is 1. The van der Waals surface area contributed by atoms with Crippen LogP contribution in [0.4, 0.5) is 0 Å². The second-order valence-corrected chi connectivity index (χ2v) is 3.89. The minimum absolute atomic E-state index is 0.0461. The highest BCUT2D eigenvalue weighted by Gasteiger charge is 2.29. The van der Waals surface area contributed by atoms with E-state index in [1.165, 1.54) is 5.01 Å². The molecular weight excluding hydrogens is 228 g/mol. The first-order valence-electron chi connectivity index (χ1n) is 5.34. The van der Waals surface area contributed by atoms with Crippen molar-refractivity contribution in [1.29, 1.82) is 0 Å². The Labute approximate surface area is 97.9 Å². The van der Waals surface area contributed by atoms with Gasteiger partial charge >= 0.3 is 5.97 Å². The average Bonchev–Trinajstić information content (AvgIpc) is 3.13. The summed E-state index contributed by atoms with van der Waals surface area (Å²) in [6, 6.07) is 0. The number of hydrogen-bond acceptors (Lipinski definition) is 5. The van der Waals surface area contributed by atoms with E-state index in [1.54, 1.807) is 0 Å². The molecule has 2 saturated heterocycles. The summed E-state index contributed by atoms with van der Waals surface area (Å²) in [6.45, 7) is 2.28. The molecular formula is C10H14N2O5. The Morgan fingerprint density at radius 1 is 1.29 bits per heavy atom. The number of carbonyl (C=O) groups is 2. The van der Waals surface area contributed by atoms with Crippen molar-refractivity contribution in [3.63, 3.8) is 0 Å². The second kappa shape index (κ2) is 5.26. The molecule has 2 heterocycles. The van der Waals surface area contributed by atoms with Crippen molar-refractivity contribution >= 4 is 11.9 Å². The molecule has 0 saturated carbocycles. The minimum atomic E-state index is -1.15. The van der Waals surface area contributed by atoms with E-state index < -0.39 is 11.9 Å². The van der Waals surface area contributed by atoms with Gasteiger partial charge in [0.05, 0.1) is 25.9 Å². The van der Waals surface area contributed by atoms with Gasteiger partial charge in [-0.3, -0.25) is 9.80 Å². The normalized spacial score (nSPS) is 25.9. The maximum absolute atomic E-state index is 11.7. The Balaban J connectivity index is 1.82. The lowest BCUT2D eigenvalue weighted by atomic mass is 10.4. The van der Waals surface area contributed by atoms with Crippen molar-refractivity contribution in [3.05, 3.63) is 12.2 Å². The van der Waals surface area contributed by atoms with Crippen molar-refractivity contribution in [1.82, 2.24) is 10.4 Å². The molecule has 2 N–H and O–H groups in total. The SMILES string of the molecule is O=C(O)/C=C\C(=O)N(CC1CO1)NCC1CO1. The molecule has 2 rings (SSSR count). The van der Waals surface area contributed by atoms with Gasteiger partial charge in [-0.15, -0.1) is 0 Å². The predicted octanol–water partition coefficient (Wildman–Crippen LogP) is -1.24. The zero-order valence-electron chi connectivity index (χ0n) is 9.17. The van der Waals surface area contributed by atoms with Crippen molar-refractivity contribution < 1.29 is 24.2 Å². The quantitative estimate of drug-likeness (QED) is 0.329. The maximum Gasteiger partial charge on any atom is 0.328 e. The summed E-state index contributed by atoms with van der Waals surface area (Å²) in [5.74, 6) is -1.55. The Hall–Kier alpha value is -1.44. The fourth-order valence-electron chi connectivity index (χ4n) is 1.24. The van der Waals surface area contributed by atoms with E-state index in [2.05, 4.69) is 5.43 Å². The lowest BCUT2D eigenvalue weighted by Crippen LogP contribution is -2.45. The topological polar surface area (TPSA) is 94.7 Å². The second-order valence-electron chi connectivity index (χ2n) is 3.89. The highest BCUT2D eigenvalue weighted by molar-refractivity contribution is 5.93. The Kier molecular flexibility index (Phi) is 3.72. The molecule has 2 aliphatic rings. The van der Waals surface area contributed by atoms with Crippen LogP contribution < -0.4 is 5.43 Å². The van der Waals surface area contributed by atoms with E-state index in [0.29, 0.717) is 26.3 Å². The van der Waals surface area contributed by atoms with Gasteiger partial charge in [-0.2, -0.15) is 0 Å². The molecule has 2 unspecified atom stereocenters. The number of carboxylic acid groups (broad SMARTS) is 1. The van der Waals surface area contributed by atoms with Crippen molar-refractivity contribution in [2.45, 2.75) is 12.2 Å². The highest BCUT2D eigenvalue weighted by atomic mass is 16.6. The summed E-state index contributed by atoms with van der Waals surface area (Å²) >= 11 is 0. The fraction of sp³-hybridized carbons (Fsp3) is 0.600. The van der Waals surface area contributed by atoms with Gasteiger partial charge in [0.15, 0.2) is 0 Å². The molecule has 2 fully saturated rings. The highest BCUT2D eigenvalue weighted by Crippen LogP contribution is 2.11. The number of hydrogen-bond donors (Lipinski definition) is 2. The molecule has 0 aromatic carbocycles. The molecule has 1 amide bonds. The van der Waals surface area contributed by atoms with Gasteiger partial charge in [-0.05, 0) is 0 Å². The van der Waals surface area contributed by atoms with Crippen LogP contribution in [0.5, 0.6) is 0 Å². The largest absolute Gasteiger partial charge is 0.478 e. The number of amides is 1. The van der Waals surface area contributed by atoms with Crippen LogP contribution in [0.25, 0.3) is 0 Å². The molecule has 2 aliphatic heterocycles. The van der Waals surface area contributed by atoms with Crippen molar-refractivity contribution in [2.24, 2.45) is 0 Å². The van der Waals surface area contributed by atoms with Crippen LogP contribution >= 0.6 is 0 Å². The molecule has 17 heavy (non-hydrogen) atoms. The number of epoxide rings is 2. The van der Waals surface area contributed by atoms with Crippen LogP contribution in [0, 0.1) is 0 Å². The number of carboxylic acids is 1. The van der Waals surface area contributed by atoms with Gasteiger partial charge < -0.3 is 14.6 Å². The third-order valence-electron chi connectivity index (χ3n) is 2.34. The van der Waals surface area contributed by atoms with Crippen LogP contribution in [0.1, 0.15) is 0 Å². The summed E-state index contributed by atoms with van der Waals surface area (Å²) in [4.78, 5) is 22.0. The van der Waals surface area contributed by atoms with Crippen LogP contribution in [-0.4, -0.2) is 60.5 Å². The molecule has 0 aromatic rings. The van der Waals surface area contributed by atoms with Gasteiger partial charge in [-0.25, -0.2) is 10.2 Å². The first-order valence-corrected chi connectivity index (χ1v) is 5.34. The third kappa shape index (κ3) is 4.51. The summed E-state index contributed by atoms with van der Waals surface area (Å²) in [5, 5.41) is 9.80. The van der Waals surface area contributed by atoms with E-state index in [9.17, 15) is 9.59 Å². The molecule has 0 bridgehead atoms. The van der Waals surface area contributed by atoms with E-state index in [0.717, 1.165) is 12.2 Å². The van der Waals surface area contributed by atoms with E-state index in [4.69, 9.17) is 14.6 Å². The minimum Gasteiger partial charge on any atom is -0.478 e. The standard InChI is InChI=1S/C10H14N2O5/c13-9(1-2-10(14)15)12(4-8-6-17-8)11-3-7-5-16-7/h1-2,7-8,11H,3-6H2,(H,14,15)/b2-1-. The number of nitrogens with one attached hydrogen (secondary N) is 1. The summed E-state index contributed by atoms with van der Waals surface area (Å²) in [6.07, 6.45) is 2.03. The van der Waals surface area contributed by atoms with E-state index in [-0.39, 0.29) is 12.2 Å². The fourth-order valence-corrected chi connectivity index (χ4v) is 1.24. The smallest absolute Gasteiger partial charge is 0.328 e. The van der Waals surface area contributed by atoms with Gasteiger partial charge in [0.25, 0.3) is 5.91 Å². The maximum atomic E-state index is 11.7.